The molecule has 0 bridgehead atoms. The number of aliphatic hydroxyl groups is 1. The Kier molecular flexibility index (Phi) is 4.22. The van der Waals surface area contributed by atoms with E-state index in [1.54, 1.807) is 13.3 Å². The van der Waals surface area contributed by atoms with E-state index in [2.05, 4.69) is 9.88 Å². The van der Waals surface area contributed by atoms with E-state index in [1.165, 1.54) is 0 Å². The fourth-order valence-electron chi connectivity index (χ4n) is 2.76. The summed E-state index contributed by atoms with van der Waals surface area (Å²) in [5.74, 6) is 2.27. The number of methoxy groups -OCH3 is 1. The number of hydrogen-bond acceptors (Lipinski definition) is 5. The second-order valence-electron chi connectivity index (χ2n) is 5.30. The lowest BCUT2D eigenvalue weighted by molar-refractivity contribution is 0.144. The summed E-state index contributed by atoms with van der Waals surface area (Å²) in [6.07, 6.45) is 3.92. The van der Waals surface area contributed by atoms with E-state index < -0.39 is 0 Å². The van der Waals surface area contributed by atoms with E-state index in [-0.39, 0.29) is 12.6 Å². The largest absolute Gasteiger partial charge is 0.497 e. The lowest BCUT2D eigenvalue weighted by atomic mass is 10.2. The molecule has 0 saturated carbocycles. The molecule has 1 saturated heterocycles. The van der Waals surface area contributed by atoms with E-state index in [1.807, 2.05) is 24.3 Å². The summed E-state index contributed by atoms with van der Waals surface area (Å²) in [4.78, 5) is 6.57. The lowest BCUT2D eigenvalue weighted by Gasteiger charge is -2.20. The van der Waals surface area contributed by atoms with Gasteiger partial charge in [-0.15, -0.1) is 0 Å². The zero-order valence-electron chi connectivity index (χ0n) is 12.2. The van der Waals surface area contributed by atoms with Crippen LogP contribution in [0, 0.1) is 0 Å². The second-order valence-corrected chi connectivity index (χ2v) is 5.30. The monoisotopic (exact) mass is 288 g/mol. The molecule has 0 radical (unpaired) electrons. The highest BCUT2D eigenvalue weighted by Gasteiger charge is 2.25. The summed E-state index contributed by atoms with van der Waals surface area (Å²) < 4.78 is 11.0. The Balaban J connectivity index is 1.70. The number of hydrogen-bond donors (Lipinski definition) is 1. The fourth-order valence-corrected chi connectivity index (χ4v) is 2.76. The predicted molar refractivity (Wildman–Crippen MR) is 79.0 cm³/mol. The number of rotatable bonds is 5. The van der Waals surface area contributed by atoms with Crippen molar-refractivity contribution < 1.29 is 14.3 Å². The molecule has 1 aromatic carbocycles. The van der Waals surface area contributed by atoms with Crippen LogP contribution < -0.4 is 4.74 Å². The van der Waals surface area contributed by atoms with Crippen molar-refractivity contribution in [2.24, 2.45) is 0 Å². The van der Waals surface area contributed by atoms with Crippen molar-refractivity contribution in [2.75, 3.05) is 20.3 Å². The molecule has 3 rings (SSSR count). The summed E-state index contributed by atoms with van der Waals surface area (Å²) in [6.45, 7) is 1.85. The summed E-state index contributed by atoms with van der Waals surface area (Å²) >= 11 is 0. The van der Waals surface area contributed by atoms with Gasteiger partial charge in [0.1, 0.15) is 5.75 Å². The number of oxazole rings is 1. The van der Waals surface area contributed by atoms with Gasteiger partial charge in [0.05, 0.1) is 26.5 Å². The molecule has 1 N–H and O–H groups in total. The van der Waals surface area contributed by atoms with Crippen LogP contribution in [-0.4, -0.2) is 41.3 Å². The first-order chi connectivity index (χ1) is 10.3. The number of aliphatic hydroxyl groups excluding tert-OH is 1. The van der Waals surface area contributed by atoms with Crippen LogP contribution in [0.25, 0.3) is 11.3 Å². The van der Waals surface area contributed by atoms with Gasteiger partial charge in [-0.2, -0.15) is 0 Å². The second kappa shape index (κ2) is 6.28. The molecule has 1 aliphatic heterocycles. The molecular formula is C16H20N2O3. The molecule has 1 unspecified atom stereocenters. The van der Waals surface area contributed by atoms with Gasteiger partial charge in [0, 0.05) is 11.6 Å². The molecule has 1 atom stereocenters. The third kappa shape index (κ3) is 3.09. The van der Waals surface area contributed by atoms with Gasteiger partial charge in [0.15, 0.2) is 5.76 Å². The number of ether oxygens (including phenoxy) is 1. The normalized spacial score (nSPS) is 19.0. The first kappa shape index (κ1) is 14.1. The highest BCUT2D eigenvalue weighted by molar-refractivity contribution is 5.57. The Labute approximate surface area is 124 Å². The van der Waals surface area contributed by atoms with Crippen molar-refractivity contribution in [1.82, 2.24) is 9.88 Å². The average Bonchev–Trinajstić information content (AvgIpc) is 3.17. The lowest BCUT2D eigenvalue weighted by Crippen LogP contribution is -2.31. The maximum Gasteiger partial charge on any atom is 0.209 e. The Morgan fingerprint density at radius 1 is 1.38 bits per heavy atom. The van der Waals surface area contributed by atoms with E-state index in [9.17, 15) is 5.11 Å². The smallest absolute Gasteiger partial charge is 0.209 e. The van der Waals surface area contributed by atoms with Gasteiger partial charge in [-0.25, -0.2) is 4.98 Å². The van der Waals surface area contributed by atoms with Crippen LogP contribution in [0.4, 0.5) is 0 Å². The third-order valence-corrected chi connectivity index (χ3v) is 3.98. The van der Waals surface area contributed by atoms with Crippen molar-refractivity contribution in [1.29, 1.82) is 0 Å². The third-order valence-electron chi connectivity index (χ3n) is 3.98. The topological polar surface area (TPSA) is 58.7 Å². The minimum atomic E-state index is 0.200. The summed E-state index contributed by atoms with van der Waals surface area (Å²) in [6, 6.07) is 7.95. The van der Waals surface area contributed by atoms with Crippen LogP contribution in [0.15, 0.2) is 34.9 Å². The van der Waals surface area contributed by atoms with Crippen molar-refractivity contribution in [3.8, 4) is 17.1 Å². The van der Waals surface area contributed by atoms with Crippen molar-refractivity contribution in [2.45, 2.75) is 25.4 Å². The minimum absolute atomic E-state index is 0.200. The van der Waals surface area contributed by atoms with Crippen LogP contribution in [0.1, 0.15) is 18.7 Å². The highest BCUT2D eigenvalue weighted by Crippen LogP contribution is 2.25. The molecule has 0 aliphatic carbocycles. The molecule has 5 nitrogen and oxygen atoms in total. The molecule has 1 fully saturated rings. The van der Waals surface area contributed by atoms with Crippen molar-refractivity contribution >= 4 is 0 Å². The molecule has 1 aliphatic rings. The zero-order chi connectivity index (χ0) is 14.7. The maximum atomic E-state index is 9.34. The molecule has 21 heavy (non-hydrogen) atoms. The summed E-state index contributed by atoms with van der Waals surface area (Å²) in [7, 11) is 1.65. The zero-order valence-corrected chi connectivity index (χ0v) is 12.2. The first-order valence-electron chi connectivity index (χ1n) is 7.24. The predicted octanol–water partition coefficient (Wildman–Crippen LogP) is 2.31. The number of likely N-dealkylation sites (tertiary alicyclic amines) is 1. The Hall–Kier alpha value is -1.85. The van der Waals surface area contributed by atoms with Crippen LogP contribution in [-0.2, 0) is 6.54 Å². The summed E-state index contributed by atoms with van der Waals surface area (Å²) in [5.41, 5.74) is 0.981. The maximum absolute atomic E-state index is 9.34. The molecule has 0 amide bonds. The van der Waals surface area contributed by atoms with Crippen LogP contribution >= 0.6 is 0 Å². The van der Waals surface area contributed by atoms with Crippen LogP contribution in [0.3, 0.4) is 0 Å². The summed E-state index contributed by atoms with van der Waals surface area (Å²) in [5, 5.41) is 9.34. The van der Waals surface area contributed by atoms with Crippen molar-refractivity contribution in [3.63, 3.8) is 0 Å². The highest BCUT2D eigenvalue weighted by atomic mass is 16.5. The van der Waals surface area contributed by atoms with E-state index in [4.69, 9.17) is 9.15 Å². The molecule has 2 aromatic rings. The quantitative estimate of drug-likeness (QED) is 0.915. The number of nitrogens with zero attached hydrogens (tertiary/aromatic N) is 2. The van der Waals surface area contributed by atoms with Gasteiger partial charge in [-0.3, -0.25) is 4.90 Å². The van der Waals surface area contributed by atoms with Gasteiger partial charge >= 0.3 is 0 Å². The Morgan fingerprint density at radius 3 is 2.90 bits per heavy atom. The minimum Gasteiger partial charge on any atom is -0.497 e. The number of benzene rings is 1. The van der Waals surface area contributed by atoms with Gasteiger partial charge in [-0.05, 0) is 43.7 Å². The SMILES string of the molecule is COc1ccc(-c2cnc(CN3CCCC3CO)o2)cc1. The standard InChI is InChI=1S/C16H20N2O3/c1-20-14-6-4-12(5-7-14)15-9-17-16(21-15)10-18-8-2-3-13(18)11-19/h4-7,9,13,19H,2-3,8,10-11H2,1H3. The van der Waals surface area contributed by atoms with Crippen molar-refractivity contribution in [3.05, 3.63) is 36.4 Å². The molecule has 0 spiro atoms. The van der Waals surface area contributed by atoms with Gasteiger partial charge < -0.3 is 14.3 Å². The van der Waals surface area contributed by atoms with E-state index in [0.717, 1.165) is 36.5 Å². The van der Waals surface area contributed by atoms with Gasteiger partial charge in [0.2, 0.25) is 5.89 Å². The van der Waals surface area contributed by atoms with Crippen LogP contribution in [0.2, 0.25) is 0 Å². The van der Waals surface area contributed by atoms with E-state index >= 15 is 0 Å². The molecule has 112 valence electrons. The molecule has 5 heteroatoms. The van der Waals surface area contributed by atoms with Gasteiger partial charge in [-0.1, -0.05) is 0 Å². The average molecular weight is 288 g/mol. The Bertz CT molecular complexity index is 579. The molecule has 2 heterocycles. The number of aromatic nitrogens is 1. The first-order valence-corrected chi connectivity index (χ1v) is 7.24. The molecular weight excluding hydrogens is 268 g/mol. The van der Waals surface area contributed by atoms with Crippen LogP contribution in [0.5, 0.6) is 5.75 Å². The van der Waals surface area contributed by atoms with Gasteiger partial charge in [0.25, 0.3) is 0 Å². The fraction of sp³-hybridized carbons (Fsp3) is 0.438. The Morgan fingerprint density at radius 2 is 2.19 bits per heavy atom. The molecule has 1 aromatic heterocycles. The van der Waals surface area contributed by atoms with E-state index in [0.29, 0.717) is 12.4 Å².